The topological polar surface area (TPSA) is 35.6 Å². The van der Waals surface area contributed by atoms with Crippen molar-refractivity contribution >= 4 is 5.91 Å². The van der Waals surface area contributed by atoms with E-state index in [0.29, 0.717) is 12.6 Å². The first-order valence-electron chi connectivity index (χ1n) is 7.89. The van der Waals surface area contributed by atoms with E-state index in [9.17, 15) is 4.79 Å². The molecule has 2 fully saturated rings. The third-order valence-electron chi connectivity index (χ3n) is 4.49. The molecule has 0 bridgehead atoms. The summed E-state index contributed by atoms with van der Waals surface area (Å²) in [6, 6.07) is 1.31. The van der Waals surface area contributed by atoms with Crippen molar-refractivity contribution in [3.63, 3.8) is 0 Å². The van der Waals surface area contributed by atoms with E-state index in [-0.39, 0.29) is 5.91 Å². The fourth-order valence-corrected chi connectivity index (χ4v) is 2.81. The standard InChI is InChI=1S/C15H29N3O/c1-13(17(2)14-7-8-14)11-16-12-15(19)18-9-5-3-4-6-10-18/h13-14,16H,3-12H2,1-2H3. The number of likely N-dealkylation sites (N-methyl/N-ethyl adjacent to an activating group) is 1. The van der Waals surface area contributed by atoms with Crippen LogP contribution < -0.4 is 5.32 Å². The van der Waals surface area contributed by atoms with Crippen molar-refractivity contribution in [2.75, 3.05) is 33.2 Å². The van der Waals surface area contributed by atoms with Crippen molar-refractivity contribution in [2.45, 2.75) is 57.5 Å². The normalized spacial score (nSPS) is 22.4. The van der Waals surface area contributed by atoms with Gasteiger partial charge in [0.25, 0.3) is 0 Å². The van der Waals surface area contributed by atoms with E-state index in [1.807, 2.05) is 4.90 Å². The van der Waals surface area contributed by atoms with Crippen molar-refractivity contribution < 1.29 is 4.79 Å². The number of likely N-dealkylation sites (tertiary alicyclic amines) is 1. The van der Waals surface area contributed by atoms with Crippen LogP contribution in [-0.4, -0.2) is 61.0 Å². The fourth-order valence-electron chi connectivity index (χ4n) is 2.81. The maximum absolute atomic E-state index is 12.1. The maximum atomic E-state index is 12.1. The lowest BCUT2D eigenvalue weighted by Gasteiger charge is -2.25. The lowest BCUT2D eigenvalue weighted by atomic mass is 10.2. The van der Waals surface area contributed by atoms with Crippen molar-refractivity contribution in [1.29, 1.82) is 0 Å². The zero-order chi connectivity index (χ0) is 13.7. The minimum Gasteiger partial charge on any atom is -0.342 e. The third-order valence-corrected chi connectivity index (χ3v) is 4.49. The molecular weight excluding hydrogens is 238 g/mol. The molecule has 1 heterocycles. The summed E-state index contributed by atoms with van der Waals surface area (Å²) in [4.78, 5) is 16.6. The van der Waals surface area contributed by atoms with Crippen molar-refractivity contribution in [3.05, 3.63) is 0 Å². The van der Waals surface area contributed by atoms with E-state index >= 15 is 0 Å². The molecule has 0 spiro atoms. The first kappa shape index (κ1) is 14.8. The second kappa shape index (κ2) is 7.25. The van der Waals surface area contributed by atoms with E-state index in [2.05, 4.69) is 24.2 Å². The molecule has 1 atom stereocenters. The van der Waals surface area contributed by atoms with Crippen LogP contribution in [-0.2, 0) is 4.79 Å². The number of nitrogens with zero attached hydrogens (tertiary/aromatic N) is 2. The molecule has 0 radical (unpaired) electrons. The van der Waals surface area contributed by atoms with Crippen LogP contribution in [0.2, 0.25) is 0 Å². The SMILES string of the molecule is CC(CNCC(=O)N1CCCCCC1)N(C)C1CC1. The van der Waals surface area contributed by atoms with E-state index in [4.69, 9.17) is 0 Å². The average molecular weight is 267 g/mol. The van der Waals surface area contributed by atoms with Crippen LogP contribution >= 0.6 is 0 Å². The highest BCUT2D eigenvalue weighted by Crippen LogP contribution is 2.26. The number of carbonyl (C=O) groups is 1. The number of hydrogen-bond donors (Lipinski definition) is 1. The summed E-state index contributed by atoms with van der Waals surface area (Å²) >= 11 is 0. The van der Waals surface area contributed by atoms with Gasteiger partial charge in [0.1, 0.15) is 0 Å². The monoisotopic (exact) mass is 267 g/mol. The van der Waals surface area contributed by atoms with Gasteiger partial charge in [-0.15, -0.1) is 0 Å². The Bertz CT molecular complexity index is 283. The summed E-state index contributed by atoms with van der Waals surface area (Å²) in [7, 11) is 2.20. The van der Waals surface area contributed by atoms with Crippen LogP contribution in [0.4, 0.5) is 0 Å². The fraction of sp³-hybridized carbons (Fsp3) is 0.933. The Morgan fingerprint density at radius 1 is 1.26 bits per heavy atom. The molecule has 0 aromatic carbocycles. The van der Waals surface area contributed by atoms with Crippen LogP contribution in [0.25, 0.3) is 0 Å². The highest BCUT2D eigenvalue weighted by Gasteiger charge is 2.28. The number of hydrogen-bond acceptors (Lipinski definition) is 3. The summed E-state index contributed by atoms with van der Waals surface area (Å²) in [5.74, 6) is 0.281. The Kier molecular flexibility index (Phi) is 5.64. The van der Waals surface area contributed by atoms with Gasteiger partial charge in [-0.3, -0.25) is 9.69 Å². The van der Waals surface area contributed by atoms with E-state index < -0.39 is 0 Å². The van der Waals surface area contributed by atoms with E-state index in [1.165, 1.54) is 38.5 Å². The first-order chi connectivity index (χ1) is 9.18. The molecule has 110 valence electrons. The minimum absolute atomic E-state index is 0.281. The molecule has 1 saturated carbocycles. The highest BCUT2D eigenvalue weighted by molar-refractivity contribution is 5.78. The molecule has 4 heteroatoms. The highest BCUT2D eigenvalue weighted by atomic mass is 16.2. The summed E-state index contributed by atoms with van der Waals surface area (Å²) in [6.07, 6.45) is 7.58. The van der Waals surface area contributed by atoms with Gasteiger partial charge in [0.2, 0.25) is 5.91 Å². The Labute approximate surface area is 117 Å². The van der Waals surface area contributed by atoms with Crippen LogP contribution in [0.1, 0.15) is 45.4 Å². The Morgan fingerprint density at radius 3 is 2.47 bits per heavy atom. The third kappa shape index (κ3) is 4.77. The molecule has 2 aliphatic rings. The molecule has 1 unspecified atom stereocenters. The molecule has 1 saturated heterocycles. The van der Waals surface area contributed by atoms with Gasteiger partial charge < -0.3 is 10.2 Å². The van der Waals surface area contributed by atoms with Gasteiger partial charge in [0.15, 0.2) is 0 Å². The molecule has 0 aromatic rings. The first-order valence-corrected chi connectivity index (χ1v) is 7.89. The molecule has 1 aliphatic carbocycles. The summed E-state index contributed by atoms with van der Waals surface area (Å²) in [5.41, 5.74) is 0. The zero-order valence-corrected chi connectivity index (χ0v) is 12.5. The average Bonchev–Trinajstić information content (AvgIpc) is 3.23. The number of carbonyl (C=O) groups excluding carboxylic acids is 1. The number of rotatable bonds is 6. The number of amides is 1. The second-order valence-corrected chi connectivity index (χ2v) is 6.17. The molecule has 1 N–H and O–H groups in total. The van der Waals surface area contributed by atoms with Gasteiger partial charge in [-0.25, -0.2) is 0 Å². The van der Waals surface area contributed by atoms with Gasteiger partial charge >= 0.3 is 0 Å². The second-order valence-electron chi connectivity index (χ2n) is 6.17. The van der Waals surface area contributed by atoms with Gasteiger partial charge in [0.05, 0.1) is 6.54 Å². The largest absolute Gasteiger partial charge is 0.342 e. The summed E-state index contributed by atoms with van der Waals surface area (Å²) in [5, 5.41) is 3.33. The van der Waals surface area contributed by atoms with Gasteiger partial charge in [0, 0.05) is 31.7 Å². The Hall–Kier alpha value is -0.610. The Morgan fingerprint density at radius 2 is 1.89 bits per heavy atom. The summed E-state index contributed by atoms with van der Waals surface area (Å²) < 4.78 is 0. The lowest BCUT2D eigenvalue weighted by Crippen LogP contribution is -2.44. The quantitative estimate of drug-likeness (QED) is 0.791. The van der Waals surface area contributed by atoms with Crippen molar-refractivity contribution in [2.24, 2.45) is 0 Å². The van der Waals surface area contributed by atoms with Crippen LogP contribution in [0.5, 0.6) is 0 Å². The molecule has 19 heavy (non-hydrogen) atoms. The molecule has 0 aromatic heterocycles. The lowest BCUT2D eigenvalue weighted by molar-refractivity contribution is -0.130. The molecule has 1 aliphatic heterocycles. The molecule has 1 amide bonds. The molecular formula is C15H29N3O. The van der Waals surface area contributed by atoms with Crippen LogP contribution in [0, 0.1) is 0 Å². The van der Waals surface area contributed by atoms with Gasteiger partial charge in [-0.2, -0.15) is 0 Å². The van der Waals surface area contributed by atoms with Crippen molar-refractivity contribution in [3.8, 4) is 0 Å². The minimum atomic E-state index is 0.281. The maximum Gasteiger partial charge on any atom is 0.236 e. The number of nitrogens with one attached hydrogen (secondary N) is 1. The van der Waals surface area contributed by atoms with Crippen molar-refractivity contribution in [1.82, 2.24) is 15.1 Å². The Balaban J connectivity index is 1.62. The van der Waals surface area contributed by atoms with Crippen LogP contribution in [0.15, 0.2) is 0 Å². The smallest absolute Gasteiger partial charge is 0.236 e. The van der Waals surface area contributed by atoms with Gasteiger partial charge in [-0.1, -0.05) is 12.8 Å². The zero-order valence-electron chi connectivity index (χ0n) is 12.5. The van der Waals surface area contributed by atoms with E-state index in [0.717, 1.165) is 25.7 Å². The van der Waals surface area contributed by atoms with E-state index in [1.54, 1.807) is 0 Å². The predicted octanol–water partition coefficient (Wildman–Crippen LogP) is 1.46. The molecule has 2 rings (SSSR count). The van der Waals surface area contributed by atoms with Crippen LogP contribution in [0.3, 0.4) is 0 Å². The predicted molar refractivity (Wildman–Crippen MR) is 78.2 cm³/mol. The van der Waals surface area contributed by atoms with Gasteiger partial charge in [-0.05, 0) is 39.7 Å². The molecule has 4 nitrogen and oxygen atoms in total. The summed E-state index contributed by atoms with van der Waals surface area (Å²) in [6.45, 7) is 5.56.